The van der Waals surface area contributed by atoms with Gasteiger partial charge < -0.3 is 29.1 Å². The number of H-pyrrole nitrogens is 1. The van der Waals surface area contributed by atoms with Crippen molar-refractivity contribution in [3.63, 3.8) is 0 Å². The molecular weight excluding hydrogens is 682 g/mol. The Hall–Kier alpha value is -2.80. The standard InChI is InChI=1S/C24H28N10O8P2S2/c1-11-18-15(41-23(11)34-10-30-17-21(34)31-24-26-2-3-32(24)22(17)35)7-40-43(36,45)39-6-13-12(5-38-44(37,46)42-18)4-14(13)33-9-29-16-19(25)27-8-28-20(16)33/h2-3,8-15,18,23H,4-7H2,1H3,(H,26,31)(H,36,45)(H,37,46)(H2,25,27,28)/t11-,12-,13-,14-,15-,18+,23-,43?,44?/m1/s1. The SMILES string of the molecule is C[C@@H]1[C@@H]2OP(=O)(S)OC[C@H]3C[C@@H](n4cnc5c(N)ncnc54)[C@@H]3COP(=O)(S)OC[C@H]2O[C@H]1n1cnc2c(=O)n3cc[nH]c3nc21. The molecule has 2 saturated heterocycles. The molecule has 22 heteroatoms. The van der Waals surface area contributed by atoms with Crippen LogP contribution in [0.1, 0.15) is 25.6 Å². The number of rotatable bonds is 2. The number of anilines is 1. The molecule has 244 valence electrons. The number of nitrogens with two attached hydrogens (primary N) is 1. The third-order valence-corrected chi connectivity index (χ3v) is 12.2. The van der Waals surface area contributed by atoms with E-state index in [2.05, 4.69) is 54.4 Å². The lowest BCUT2D eigenvalue weighted by Gasteiger charge is -2.45. The second-order valence-corrected chi connectivity index (χ2v) is 17.3. The van der Waals surface area contributed by atoms with Crippen LogP contribution in [0, 0.1) is 17.8 Å². The van der Waals surface area contributed by atoms with E-state index in [-0.39, 0.29) is 60.2 Å². The van der Waals surface area contributed by atoms with Crippen molar-refractivity contribution in [1.82, 2.24) is 43.4 Å². The summed E-state index contributed by atoms with van der Waals surface area (Å²) in [4.78, 5) is 37.4. The van der Waals surface area contributed by atoms with Crippen molar-refractivity contribution < 1.29 is 32.0 Å². The summed E-state index contributed by atoms with van der Waals surface area (Å²) in [6, 6.07) is -0.172. The van der Waals surface area contributed by atoms with E-state index in [0.717, 1.165) is 0 Å². The first-order chi connectivity index (χ1) is 22.0. The molecule has 0 spiro atoms. The van der Waals surface area contributed by atoms with Gasteiger partial charge in [-0.3, -0.25) is 22.8 Å². The number of hydrogen-bond donors (Lipinski definition) is 4. The number of aromatic nitrogens is 9. The molecular formula is C24H28N10O8P2S2. The molecule has 3 aliphatic rings. The van der Waals surface area contributed by atoms with E-state index < -0.39 is 37.9 Å². The molecule has 0 aromatic carbocycles. The van der Waals surface area contributed by atoms with Gasteiger partial charge in [0.2, 0.25) is 5.78 Å². The summed E-state index contributed by atoms with van der Waals surface area (Å²) in [5, 5.41) is 0. The molecule has 18 nitrogen and oxygen atoms in total. The van der Waals surface area contributed by atoms with Gasteiger partial charge in [0.15, 0.2) is 22.6 Å². The van der Waals surface area contributed by atoms with E-state index in [0.29, 0.717) is 23.4 Å². The zero-order valence-electron chi connectivity index (χ0n) is 24.0. The number of nitrogens with one attached hydrogen (secondary N) is 1. The van der Waals surface area contributed by atoms with Crippen LogP contribution in [0.15, 0.2) is 36.2 Å². The number of fused-ring (bicyclic) bond motifs is 5. The van der Waals surface area contributed by atoms with E-state index in [4.69, 9.17) is 28.6 Å². The largest absolute Gasteiger partial charge is 0.386 e. The second kappa shape index (κ2) is 11.1. The Morgan fingerprint density at radius 2 is 1.74 bits per heavy atom. The van der Waals surface area contributed by atoms with Crippen LogP contribution in [-0.2, 0) is 32.0 Å². The van der Waals surface area contributed by atoms with Gasteiger partial charge in [-0.25, -0.2) is 29.1 Å². The molecule has 3 N–H and O–H groups in total. The number of thiol groups is 2. The fourth-order valence-corrected chi connectivity index (χ4v) is 9.27. The van der Waals surface area contributed by atoms with E-state index >= 15 is 0 Å². The van der Waals surface area contributed by atoms with Crippen LogP contribution >= 0.6 is 38.1 Å². The third kappa shape index (κ3) is 5.11. The number of nitrogens with zero attached hydrogens (tertiary/aromatic N) is 8. The van der Waals surface area contributed by atoms with Crippen molar-refractivity contribution in [3.8, 4) is 0 Å². The summed E-state index contributed by atoms with van der Waals surface area (Å²) in [7, 11) is 0. The Labute approximate surface area is 269 Å². The number of aromatic amines is 1. The lowest BCUT2D eigenvalue weighted by Crippen LogP contribution is -2.43. The van der Waals surface area contributed by atoms with Crippen molar-refractivity contribution >= 4 is 72.0 Å². The average molecular weight is 711 g/mol. The summed E-state index contributed by atoms with van der Waals surface area (Å²) in [5.41, 5.74) is 7.03. The molecule has 8 rings (SSSR count). The van der Waals surface area contributed by atoms with E-state index in [1.54, 1.807) is 23.3 Å². The third-order valence-electron chi connectivity index (χ3n) is 8.91. The zero-order chi connectivity index (χ0) is 32.0. The van der Waals surface area contributed by atoms with Crippen LogP contribution in [0.2, 0.25) is 0 Å². The lowest BCUT2D eigenvalue weighted by atomic mass is 9.70. The summed E-state index contributed by atoms with van der Waals surface area (Å²) < 4.78 is 61.5. The first-order valence-corrected chi connectivity index (χ1v) is 19.7. The Bertz CT molecular complexity index is 2140. The van der Waals surface area contributed by atoms with Gasteiger partial charge in [0.25, 0.3) is 5.56 Å². The zero-order valence-corrected chi connectivity index (χ0v) is 27.5. The number of ether oxygens (including phenoxy) is 1. The minimum absolute atomic E-state index is 0.0130. The molecule has 5 aromatic heterocycles. The van der Waals surface area contributed by atoms with Gasteiger partial charge in [-0.05, 0) is 12.3 Å². The molecule has 5 aromatic rings. The highest BCUT2D eigenvalue weighted by atomic mass is 32.7. The number of imidazole rings is 3. The molecule has 0 amide bonds. The maximum atomic E-state index is 13.6. The fraction of sp³-hybridized carbons (Fsp3) is 0.500. The van der Waals surface area contributed by atoms with Crippen molar-refractivity contribution in [2.24, 2.45) is 17.8 Å². The van der Waals surface area contributed by atoms with Crippen molar-refractivity contribution in [1.29, 1.82) is 0 Å². The highest BCUT2D eigenvalue weighted by molar-refractivity contribution is 8.44. The monoisotopic (exact) mass is 710 g/mol. The van der Waals surface area contributed by atoms with Gasteiger partial charge in [0.05, 0.1) is 32.5 Å². The topological polar surface area (TPSA) is 218 Å². The van der Waals surface area contributed by atoms with Gasteiger partial charge in [0, 0.05) is 30.3 Å². The van der Waals surface area contributed by atoms with Crippen LogP contribution in [0.5, 0.6) is 0 Å². The lowest BCUT2D eigenvalue weighted by molar-refractivity contribution is -0.0388. The Balaban J connectivity index is 1.06. The predicted molar refractivity (Wildman–Crippen MR) is 168 cm³/mol. The van der Waals surface area contributed by atoms with Gasteiger partial charge in [-0.1, -0.05) is 31.4 Å². The van der Waals surface area contributed by atoms with E-state index in [9.17, 15) is 13.9 Å². The van der Waals surface area contributed by atoms with Gasteiger partial charge in [0.1, 0.15) is 30.3 Å². The Morgan fingerprint density at radius 3 is 2.59 bits per heavy atom. The van der Waals surface area contributed by atoms with E-state index in [1.807, 2.05) is 11.5 Å². The highest BCUT2D eigenvalue weighted by Gasteiger charge is 2.50. The van der Waals surface area contributed by atoms with Gasteiger partial charge >= 0.3 is 13.6 Å². The molecule has 3 fully saturated rings. The fourth-order valence-electron chi connectivity index (χ4n) is 6.50. The van der Waals surface area contributed by atoms with Crippen LogP contribution in [0.4, 0.5) is 5.82 Å². The highest BCUT2D eigenvalue weighted by Crippen LogP contribution is 2.61. The smallest absolute Gasteiger partial charge is 0.382 e. The second-order valence-electron chi connectivity index (χ2n) is 11.5. The minimum Gasteiger partial charge on any atom is -0.382 e. The van der Waals surface area contributed by atoms with Crippen LogP contribution in [0.3, 0.4) is 0 Å². The Kier molecular flexibility index (Phi) is 7.39. The Morgan fingerprint density at radius 1 is 0.978 bits per heavy atom. The molecule has 0 radical (unpaired) electrons. The normalized spacial score (nSPS) is 35.7. The van der Waals surface area contributed by atoms with Crippen molar-refractivity contribution in [3.05, 3.63) is 41.7 Å². The molecule has 2 aliphatic heterocycles. The summed E-state index contributed by atoms with van der Waals surface area (Å²) in [5.74, 6) is -0.363. The number of hydrogen-bond acceptors (Lipinski definition) is 14. The molecule has 9 atom stereocenters. The quantitative estimate of drug-likeness (QED) is 0.153. The minimum atomic E-state index is -3.96. The number of nitrogen functional groups attached to an aromatic ring is 1. The molecule has 2 unspecified atom stereocenters. The van der Waals surface area contributed by atoms with Crippen LogP contribution < -0.4 is 11.3 Å². The van der Waals surface area contributed by atoms with Crippen LogP contribution in [0.25, 0.3) is 28.1 Å². The summed E-state index contributed by atoms with van der Waals surface area (Å²) in [6.07, 6.45) is 5.56. The molecule has 1 saturated carbocycles. The first kappa shape index (κ1) is 30.5. The van der Waals surface area contributed by atoms with Crippen molar-refractivity contribution in [2.45, 2.75) is 37.8 Å². The summed E-state index contributed by atoms with van der Waals surface area (Å²) in [6.45, 7) is -6.34. The molecule has 0 bridgehead atoms. The molecule has 46 heavy (non-hydrogen) atoms. The van der Waals surface area contributed by atoms with Crippen molar-refractivity contribution in [2.75, 3.05) is 25.6 Å². The summed E-state index contributed by atoms with van der Waals surface area (Å²) >= 11 is 8.52. The maximum Gasteiger partial charge on any atom is 0.386 e. The van der Waals surface area contributed by atoms with E-state index in [1.165, 1.54) is 17.1 Å². The molecule has 1 aliphatic carbocycles. The van der Waals surface area contributed by atoms with Gasteiger partial charge in [-0.2, -0.15) is 4.98 Å². The average Bonchev–Trinajstić information content (AvgIpc) is 3.79. The first-order valence-electron chi connectivity index (χ1n) is 14.3. The van der Waals surface area contributed by atoms with Gasteiger partial charge in [-0.15, -0.1) is 0 Å². The van der Waals surface area contributed by atoms with Crippen LogP contribution in [-0.4, -0.2) is 75.5 Å². The maximum absolute atomic E-state index is 13.6. The molecule has 7 heterocycles. The predicted octanol–water partition coefficient (Wildman–Crippen LogP) is 3.03.